The number of ketones is 2. The molecule has 4 amide bonds. The Morgan fingerprint density at radius 2 is 1.73 bits per heavy atom. The number of amides is 4. The van der Waals surface area contributed by atoms with E-state index in [1.54, 1.807) is 18.2 Å². The summed E-state index contributed by atoms with van der Waals surface area (Å²) in [6, 6.07) is 4.77. The summed E-state index contributed by atoms with van der Waals surface area (Å²) in [4.78, 5) is 91.9. The molecule has 3 N–H and O–H groups in total. The van der Waals surface area contributed by atoms with Crippen LogP contribution in [0, 0.1) is 28.6 Å². The summed E-state index contributed by atoms with van der Waals surface area (Å²) < 4.78 is 5.03. The first kappa shape index (κ1) is 32.8. The van der Waals surface area contributed by atoms with E-state index in [1.165, 1.54) is 24.0 Å². The van der Waals surface area contributed by atoms with Crippen LogP contribution in [-0.4, -0.2) is 83.9 Å². The predicted molar refractivity (Wildman–Crippen MR) is 158 cm³/mol. The number of esters is 1. The molecule has 0 spiro atoms. The number of carbonyl (C=O) groups is 7. The number of benzene rings is 1. The molecule has 1 aromatic carbocycles. The summed E-state index contributed by atoms with van der Waals surface area (Å²) in [5.41, 5.74) is -0.748. The van der Waals surface area contributed by atoms with Crippen molar-refractivity contribution in [3.63, 3.8) is 0 Å². The van der Waals surface area contributed by atoms with Crippen molar-refractivity contribution in [1.29, 1.82) is 0 Å². The monoisotopic (exact) mass is 610 g/mol. The average molecular weight is 611 g/mol. The summed E-state index contributed by atoms with van der Waals surface area (Å²) in [5, 5.41) is 8.21. The lowest BCUT2D eigenvalue weighted by atomic mass is 9.85. The lowest BCUT2D eigenvalue weighted by Gasteiger charge is -2.37. The van der Waals surface area contributed by atoms with Crippen LogP contribution >= 0.6 is 0 Å². The summed E-state index contributed by atoms with van der Waals surface area (Å²) in [5.74, 6) is -5.04. The Morgan fingerprint density at radius 1 is 1.07 bits per heavy atom. The summed E-state index contributed by atoms with van der Waals surface area (Å²) in [6.07, 6.45) is 0.426. The minimum Gasteiger partial charge on any atom is -0.452 e. The predicted octanol–water partition coefficient (Wildman–Crippen LogP) is 1.03. The lowest BCUT2D eigenvalue weighted by molar-refractivity contribution is -0.147. The topological polar surface area (TPSA) is 168 Å². The van der Waals surface area contributed by atoms with Gasteiger partial charge in [-0.15, -0.1) is 0 Å². The maximum Gasteiger partial charge on any atom is 0.380 e. The zero-order valence-electron chi connectivity index (χ0n) is 26.1. The molecule has 0 unspecified atom stereocenters. The average Bonchev–Trinajstić information content (AvgIpc) is 3.29. The highest BCUT2D eigenvalue weighted by atomic mass is 16.5. The fourth-order valence-electron chi connectivity index (χ4n) is 6.52. The molecule has 1 aliphatic carbocycles. The van der Waals surface area contributed by atoms with Gasteiger partial charge in [-0.2, -0.15) is 0 Å². The molecular weight excluding hydrogens is 568 g/mol. The second kappa shape index (κ2) is 12.5. The van der Waals surface area contributed by atoms with Gasteiger partial charge in [0.1, 0.15) is 12.1 Å². The van der Waals surface area contributed by atoms with E-state index in [4.69, 9.17) is 4.74 Å². The zero-order valence-corrected chi connectivity index (χ0v) is 26.1. The van der Waals surface area contributed by atoms with Crippen LogP contribution < -0.4 is 16.0 Å². The third-order valence-corrected chi connectivity index (χ3v) is 9.18. The van der Waals surface area contributed by atoms with E-state index in [-0.39, 0.29) is 47.0 Å². The molecular formula is C32H42N4O8. The van der Waals surface area contributed by atoms with E-state index in [2.05, 4.69) is 16.0 Å². The molecule has 3 fully saturated rings. The summed E-state index contributed by atoms with van der Waals surface area (Å²) in [6.45, 7) is 10.8. The van der Waals surface area contributed by atoms with Crippen molar-refractivity contribution in [3.05, 3.63) is 35.9 Å². The third-order valence-electron chi connectivity index (χ3n) is 9.18. The van der Waals surface area contributed by atoms with E-state index < -0.39 is 59.5 Å². The van der Waals surface area contributed by atoms with Crippen molar-refractivity contribution in [2.75, 3.05) is 19.7 Å². The van der Waals surface area contributed by atoms with Crippen molar-refractivity contribution < 1.29 is 38.3 Å². The van der Waals surface area contributed by atoms with Crippen LogP contribution in [0.4, 0.5) is 0 Å². The number of likely N-dealkylation sites (tertiary alicyclic amines) is 1. The van der Waals surface area contributed by atoms with Gasteiger partial charge in [0.25, 0.3) is 5.78 Å². The van der Waals surface area contributed by atoms with Crippen molar-refractivity contribution in [3.8, 4) is 0 Å². The molecule has 2 heterocycles. The largest absolute Gasteiger partial charge is 0.452 e. The number of carbonyl (C=O) groups excluding carboxylic acids is 7. The highest BCUT2D eigenvalue weighted by molar-refractivity contribution is 6.40. The van der Waals surface area contributed by atoms with Gasteiger partial charge in [0, 0.05) is 31.5 Å². The van der Waals surface area contributed by atoms with Gasteiger partial charge in [-0.25, -0.2) is 4.79 Å². The van der Waals surface area contributed by atoms with Gasteiger partial charge in [0.05, 0.1) is 6.04 Å². The number of Topliss-reactive ketones (excluding diaryl/α,β-unsaturated/α-hetero) is 2. The maximum absolute atomic E-state index is 14.0. The summed E-state index contributed by atoms with van der Waals surface area (Å²) in [7, 11) is 0. The Kier molecular flexibility index (Phi) is 9.32. The van der Waals surface area contributed by atoms with Gasteiger partial charge in [0.15, 0.2) is 12.4 Å². The molecule has 238 valence electrons. The van der Waals surface area contributed by atoms with Crippen molar-refractivity contribution in [1.82, 2.24) is 20.9 Å². The first-order valence-electron chi connectivity index (χ1n) is 15.0. The highest BCUT2D eigenvalue weighted by Crippen LogP contribution is 2.65. The van der Waals surface area contributed by atoms with Crippen LogP contribution in [0.5, 0.6) is 0 Å². The highest BCUT2D eigenvalue weighted by Gasteiger charge is 2.69. The molecule has 1 saturated carbocycles. The first-order valence-corrected chi connectivity index (χ1v) is 15.0. The van der Waals surface area contributed by atoms with Crippen LogP contribution in [0.1, 0.15) is 64.7 Å². The van der Waals surface area contributed by atoms with Gasteiger partial charge in [-0.1, -0.05) is 65.0 Å². The number of hydrogen-bond donors (Lipinski definition) is 3. The second-order valence-corrected chi connectivity index (χ2v) is 13.7. The minimum atomic E-state index is -1.21. The number of nitrogens with one attached hydrogen (secondary N) is 3. The molecule has 44 heavy (non-hydrogen) atoms. The van der Waals surface area contributed by atoms with Crippen LogP contribution in [0.2, 0.25) is 0 Å². The van der Waals surface area contributed by atoms with E-state index >= 15 is 0 Å². The molecule has 6 atom stereocenters. The van der Waals surface area contributed by atoms with Crippen LogP contribution in [-0.2, 0) is 33.5 Å². The number of ether oxygens (including phenoxy) is 1. The Balaban J connectivity index is 1.53. The quantitative estimate of drug-likeness (QED) is 0.190. The van der Waals surface area contributed by atoms with Crippen molar-refractivity contribution in [2.24, 2.45) is 28.6 Å². The smallest absolute Gasteiger partial charge is 0.380 e. The standard InChI is InChI=1S/C32H42N4O8/c1-17(37)34-26(31(2,3)4)29(42)36-15-20-23(32(20,5)6)24(36)28(41)35-21(14-19-12-13-33-27(19)40)22(38)16-44-30(43)25(39)18-10-8-7-9-11-18/h7-11,19-21,23-24,26H,12-16H2,1-6H3,(H,33,40)(H,34,37)(H,35,41)/t19-,20-,21-,23-,24-,26+/m0/s1. The summed E-state index contributed by atoms with van der Waals surface area (Å²) >= 11 is 0. The zero-order chi connectivity index (χ0) is 32.6. The van der Waals surface area contributed by atoms with Gasteiger partial charge < -0.3 is 25.6 Å². The molecule has 12 nitrogen and oxygen atoms in total. The minimum absolute atomic E-state index is 0.0325. The van der Waals surface area contributed by atoms with E-state index in [0.717, 1.165) is 0 Å². The Morgan fingerprint density at radius 3 is 2.30 bits per heavy atom. The number of nitrogens with zero attached hydrogens (tertiary/aromatic N) is 1. The van der Waals surface area contributed by atoms with Crippen LogP contribution in [0.15, 0.2) is 30.3 Å². The number of piperidine rings is 1. The molecule has 1 aromatic rings. The number of rotatable bonds is 11. The van der Waals surface area contributed by atoms with Gasteiger partial charge >= 0.3 is 5.97 Å². The van der Waals surface area contributed by atoms with Crippen LogP contribution in [0.25, 0.3) is 0 Å². The SMILES string of the molecule is CC(=O)N[C@H](C(=O)N1C[C@H]2[C@@H]([C@H]1C(=O)N[C@@H](C[C@@H]1CCNC1=O)C(=O)COC(=O)C(=O)c1ccccc1)C2(C)C)C(C)(C)C. The molecule has 0 aromatic heterocycles. The fraction of sp³-hybridized carbons (Fsp3) is 0.594. The molecule has 0 radical (unpaired) electrons. The number of fused-ring (bicyclic) bond motifs is 1. The lowest BCUT2D eigenvalue weighted by Crippen LogP contribution is -2.60. The van der Waals surface area contributed by atoms with E-state index in [9.17, 15) is 33.6 Å². The van der Waals surface area contributed by atoms with Gasteiger partial charge in [-0.3, -0.25) is 28.8 Å². The Labute approximate surface area is 257 Å². The van der Waals surface area contributed by atoms with Crippen molar-refractivity contribution >= 4 is 41.2 Å². The Bertz CT molecular complexity index is 1350. The van der Waals surface area contributed by atoms with Gasteiger partial charge in [-0.05, 0) is 35.5 Å². The van der Waals surface area contributed by atoms with E-state index in [0.29, 0.717) is 19.5 Å². The normalized spacial score (nSPS) is 24.8. The van der Waals surface area contributed by atoms with E-state index in [1.807, 2.05) is 34.6 Å². The van der Waals surface area contributed by atoms with Crippen molar-refractivity contribution in [2.45, 2.75) is 72.5 Å². The third kappa shape index (κ3) is 6.84. The Hall–Kier alpha value is -4.09. The molecule has 4 rings (SSSR count). The molecule has 0 bridgehead atoms. The molecule has 12 heteroatoms. The number of hydrogen-bond acceptors (Lipinski definition) is 8. The van der Waals surface area contributed by atoms with Gasteiger partial charge in [0.2, 0.25) is 23.6 Å². The molecule has 2 aliphatic heterocycles. The molecule has 2 saturated heterocycles. The molecule has 3 aliphatic rings. The maximum atomic E-state index is 14.0. The second-order valence-electron chi connectivity index (χ2n) is 13.7. The van der Waals surface area contributed by atoms with Crippen LogP contribution in [0.3, 0.4) is 0 Å². The fourth-order valence-corrected chi connectivity index (χ4v) is 6.52. The first-order chi connectivity index (χ1) is 20.5.